The molecule has 34 heavy (non-hydrogen) atoms. The van der Waals surface area contributed by atoms with E-state index in [4.69, 9.17) is 9.84 Å². The molecule has 0 bridgehead atoms. The third-order valence-corrected chi connectivity index (χ3v) is 8.35. The average Bonchev–Trinajstić information content (AvgIpc) is 3.25. The summed E-state index contributed by atoms with van der Waals surface area (Å²) in [6.45, 7) is 6.20. The maximum absolute atomic E-state index is 12.8. The summed E-state index contributed by atoms with van der Waals surface area (Å²) in [5.41, 5.74) is 2.06. The first-order valence-corrected chi connectivity index (χ1v) is 12.9. The van der Waals surface area contributed by atoms with Gasteiger partial charge in [-0.25, -0.2) is 4.79 Å². The van der Waals surface area contributed by atoms with E-state index in [2.05, 4.69) is 54.9 Å². The second-order valence-electron chi connectivity index (χ2n) is 9.30. The van der Waals surface area contributed by atoms with Crippen LogP contribution in [0.5, 0.6) is 5.75 Å². The third kappa shape index (κ3) is 5.34. The summed E-state index contributed by atoms with van der Waals surface area (Å²) >= 11 is 5.23. The van der Waals surface area contributed by atoms with Crippen molar-refractivity contribution in [3.05, 3.63) is 64.6 Å². The molecule has 1 aromatic heterocycles. The fourth-order valence-electron chi connectivity index (χ4n) is 3.80. The molecule has 3 aromatic carbocycles. The Balaban J connectivity index is 1.59. The highest BCUT2D eigenvalue weighted by Crippen LogP contribution is 2.39. The van der Waals surface area contributed by atoms with E-state index in [1.54, 1.807) is 17.4 Å². The molecular formula is C28H27BrO4S. The lowest BCUT2D eigenvalue weighted by atomic mass is 9.84. The summed E-state index contributed by atoms with van der Waals surface area (Å²) in [4.78, 5) is 24.7. The fourth-order valence-corrected chi connectivity index (χ4v) is 5.50. The summed E-state index contributed by atoms with van der Waals surface area (Å²) in [6, 6.07) is 18.1. The quantitative estimate of drug-likeness (QED) is 0.217. The minimum atomic E-state index is -1.01. The number of thiophene rings is 1. The van der Waals surface area contributed by atoms with Gasteiger partial charge in [-0.15, -0.1) is 11.3 Å². The number of fused-ring (bicyclic) bond motifs is 2. The maximum atomic E-state index is 12.8. The first-order valence-electron chi connectivity index (χ1n) is 11.3. The number of carbonyl (C=O) groups excluding carboxylic acids is 1. The number of carboxylic acid groups (broad SMARTS) is 1. The van der Waals surface area contributed by atoms with Crippen molar-refractivity contribution in [1.82, 2.24) is 0 Å². The molecule has 4 rings (SSSR count). The Morgan fingerprint density at radius 1 is 1.03 bits per heavy atom. The molecule has 0 aliphatic rings. The maximum Gasteiger partial charge on any atom is 0.341 e. The highest BCUT2D eigenvalue weighted by molar-refractivity contribution is 9.10. The Kier molecular flexibility index (Phi) is 7.10. The normalized spacial score (nSPS) is 11.8. The highest BCUT2D eigenvalue weighted by atomic mass is 79.9. The molecule has 0 unspecified atom stereocenters. The molecule has 0 saturated carbocycles. The van der Waals surface area contributed by atoms with Crippen LogP contribution in [0.15, 0.2) is 59.1 Å². The van der Waals surface area contributed by atoms with Gasteiger partial charge >= 0.3 is 5.97 Å². The molecular weight excluding hydrogens is 512 g/mol. The predicted molar refractivity (Wildman–Crippen MR) is 143 cm³/mol. The van der Waals surface area contributed by atoms with Gasteiger partial charge in [-0.05, 0) is 73.8 Å². The lowest BCUT2D eigenvalue weighted by Crippen LogP contribution is -2.12. The number of aliphatic carboxylic acids is 1. The molecule has 0 spiro atoms. The molecule has 6 heteroatoms. The van der Waals surface area contributed by atoms with Crippen molar-refractivity contribution in [2.75, 3.05) is 6.61 Å². The number of benzene rings is 3. The summed E-state index contributed by atoms with van der Waals surface area (Å²) in [5, 5.41) is 12.0. The monoisotopic (exact) mass is 538 g/mol. The van der Waals surface area contributed by atoms with E-state index in [0.717, 1.165) is 54.2 Å². The molecule has 176 valence electrons. The first kappa shape index (κ1) is 24.4. The second kappa shape index (κ2) is 9.88. The molecule has 1 N–H and O–H groups in total. The van der Waals surface area contributed by atoms with Gasteiger partial charge in [-0.1, -0.05) is 57.5 Å². The van der Waals surface area contributed by atoms with E-state index in [-0.39, 0.29) is 17.8 Å². The Bertz CT molecular complexity index is 1390. The summed E-state index contributed by atoms with van der Waals surface area (Å²) in [7, 11) is 0. The molecule has 0 aliphatic heterocycles. The molecule has 0 fully saturated rings. The lowest BCUT2D eigenvalue weighted by Gasteiger charge is -2.21. The van der Waals surface area contributed by atoms with Crippen LogP contribution in [0.25, 0.3) is 31.3 Å². The van der Waals surface area contributed by atoms with Gasteiger partial charge in [-0.3, -0.25) is 4.79 Å². The van der Waals surface area contributed by atoms with Crippen LogP contribution in [0.1, 0.15) is 50.4 Å². The molecule has 0 amide bonds. The van der Waals surface area contributed by atoms with Crippen LogP contribution in [0.4, 0.5) is 0 Å². The van der Waals surface area contributed by atoms with Crippen molar-refractivity contribution in [2.45, 2.75) is 40.0 Å². The van der Waals surface area contributed by atoms with Gasteiger partial charge in [0, 0.05) is 21.6 Å². The van der Waals surface area contributed by atoms with Gasteiger partial charge in [0.25, 0.3) is 0 Å². The molecule has 0 aliphatic carbocycles. The molecule has 1 heterocycles. The van der Waals surface area contributed by atoms with Crippen molar-refractivity contribution in [2.24, 2.45) is 5.41 Å². The Labute approximate surface area is 211 Å². The number of carboxylic acids is 1. The molecule has 0 radical (unpaired) electrons. The van der Waals surface area contributed by atoms with Crippen LogP contribution in [0.2, 0.25) is 0 Å². The van der Waals surface area contributed by atoms with Crippen molar-refractivity contribution >= 4 is 59.9 Å². The number of ether oxygens (including phenoxy) is 1. The van der Waals surface area contributed by atoms with E-state index >= 15 is 0 Å². The smallest absolute Gasteiger partial charge is 0.341 e. The zero-order chi connectivity index (χ0) is 24.5. The van der Waals surface area contributed by atoms with Crippen LogP contribution in [-0.2, 0) is 4.79 Å². The fraction of sp³-hybridized carbons (Fsp3) is 0.286. The average molecular weight is 539 g/mol. The van der Waals surface area contributed by atoms with Gasteiger partial charge in [0.15, 0.2) is 12.4 Å². The van der Waals surface area contributed by atoms with E-state index in [9.17, 15) is 9.59 Å². The van der Waals surface area contributed by atoms with Crippen LogP contribution in [0, 0.1) is 5.41 Å². The SMILES string of the molecule is CCC(C)(C)CCC(=O)c1ccc2cc(-c3ccc4c(Br)c(OCC(=O)O)ccc4c3)sc2c1. The number of hydrogen-bond donors (Lipinski definition) is 1. The Morgan fingerprint density at radius 3 is 2.53 bits per heavy atom. The predicted octanol–water partition coefficient (Wildman–Crippen LogP) is 8.35. The summed E-state index contributed by atoms with van der Waals surface area (Å²) in [6.07, 6.45) is 2.53. The van der Waals surface area contributed by atoms with Crippen LogP contribution in [-0.4, -0.2) is 23.5 Å². The molecule has 0 saturated heterocycles. The van der Waals surface area contributed by atoms with Gasteiger partial charge in [-0.2, -0.15) is 0 Å². The van der Waals surface area contributed by atoms with Gasteiger partial charge < -0.3 is 9.84 Å². The first-order chi connectivity index (χ1) is 16.2. The highest BCUT2D eigenvalue weighted by Gasteiger charge is 2.18. The molecule has 4 nitrogen and oxygen atoms in total. The van der Waals surface area contributed by atoms with E-state index in [1.807, 2.05) is 30.3 Å². The van der Waals surface area contributed by atoms with Crippen molar-refractivity contribution in [3.8, 4) is 16.2 Å². The number of Topliss-reactive ketones (excluding diaryl/α,β-unsaturated/α-hetero) is 1. The minimum absolute atomic E-state index is 0.185. The van der Waals surface area contributed by atoms with E-state index < -0.39 is 5.97 Å². The van der Waals surface area contributed by atoms with Gasteiger partial charge in [0.05, 0.1) is 4.47 Å². The number of rotatable bonds is 9. The van der Waals surface area contributed by atoms with Crippen molar-refractivity contribution in [1.29, 1.82) is 0 Å². The van der Waals surface area contributed by atoms with Crippen LogP contribution in [0.3, 0.4) is 0 Å². The molecule has 4 aromatic rings. The number of ketones is 1. The molecule has 0 atom stereocenters. The topological polar surface area (TPSA) is 63.6 Å². The number of carbonyl (C=O) groups is 2. The van der Waals surface area contributed by atoms with Crippen molar-refractivity contribution in [3.63, 3.8) is 0 Å². The zero-order valence-corrected chi connectivity index (χ0v) is 21.9. The largest absolute Gasteiger partial charge is 0.481 e. The minimum Gasteiger partial charge on any atom is -0.481 e. The third-order valence-electron chi connectivity index (χ3n) is 6.38. The van der Waals surface area contributed by atoms with Crippen molar-refractivity contribution < 1.29 is 19.4 Å². The Morgan fingerprint density at radius 2 is 1.79 bits per heavy atom. The van der Waals surface area contributed by atoms with Crippen LogP contribution < -0.4 is 4.74 Å². The number of hydrogen-bond acceptors (Lipinski definition) is 4. The second-order valence-corrected chi connectivity index (χ2v) is 11.2. The van der Waals surface area contributed by atoms with E-state index in [0.29, 0.717) is 12.2 Å². The lowest BCUT2D eigenvalue weighted by molar-refractivity contribution is -0.139. The standard InChI is InChI=1S/C28H27BrO4S/c1-4-28(2,3)12-11-22(30)18-5-6-20-15-25(34-24(20)14-18)19-7-9-21-17(13-19)8-10-23(27(21)29)33-16-26(31)32/h5-10,13-15H,4,11-12,16H2,1-3H3,(H,31,32). The van der Waals surface area contributed by atoms with Gasteiger partial charge in [0.2, 0.25) is 0 Å². The zero-order valence-electron chi connectivity index (χ0n) is 19.5. The summed E-state index contributed by atoms with van der Waals surface area (Å²) in [5.74, 6) is -0.305. The Hall–Kier alpha value is -2.70. The summed E-state index contributed by atoms with van der Waals surface area (Å²) < 4.78 is 7.21. The van der Waals surface area contributed by atoms with E-state index in [1.165, 1.54) is 0 Å². The van der Waals surface area contributed by atoms with Crippen LogP contribution >= 0.6 is 27.3 Å². The van der Waals surface area contributed by atoms with Gasteiger partial charge in [0.1, 0.15) is 5.75 Å². The number of halogens is 1.